The number of anilines is 1. The van der Waals surface area contributed by atoms with Gasteiger partial charge in [0.1, 0.15) is 23.2 Å². The number of thiazole rings is 1. The molecule has 3 atom stereocenters. The van der Waals surface area contributed by atoms with E-state index in [9.17, 15) is 37.8 Å². The molecule has 2 aromatic heterocycles. The van der Waals surface area contributed by atoms with Crippen LogP contribution in [0.25, 0.3) is 21.1 Å². The first-order chi connectivity index (χ1) is 27.1. The molecular weight excluding hydrogens is 764 g/mol. The molecule has 6 rings (SSSR count). The van der Waals surface area contributed by atoms with Crippen LogP contribution in [0.3, 0.4) is 0 Å². The smallest absolute Gasteiger partial charge is 0.505 e. The number of aromatic nitrogens is 2. The number of amides is 3. The summed E-state index contributed by atoms with van der Waals surface area (Å²) in [6.45, 7) is 5.96. The molecule has 3 amide bonds. The molecular formula is C41H42F3N5O7S. The van der Waals surface area contributed by atoms with Crippen LogP contribution in [-0.2, 0) is 19.1 Å². The number of pyridine rings is 1. The van der Waals surface area contributed by atoms with Crippen LogP contribution >= 0.6 is 11.3 Å². The number of phenolic OH excluding ortho intramolecular Hbond substituents is 1. The van der Waals surface area contributed by atoms with E-state index in [-0.39, 0.29) is 54.8 Å². The molecule has 0 spiro atoms. The van der Waals surface area contributed by atoms with E-state index >= 15 is 0 Å². The lowest BCUT2D eigenvalue weighted by molar-refractivity contribution is -0.274. The Labute approximate surface area is 330 Å². The van der Waals surface area contributed by atoms with E-state index in [0.717, 1.165) is 21.7 Å². The standard InChI is InChI=1S/C41H42F3N5O7S/c1-25(55-24-21-40(2,3)47-32(50)20-23-48-33(51)18-19-34(48)52)10-17-35(53)49(39-46-30-8-4-5-9-31(30)57-39)37(27-11-14-28(15-12-27)56-41(42,43)44)29-16-13-26-7-6-22-45-36(26)38(29)54/h4-9,11-16,18-19,22,25,32,37,47,50,54H,10,17,20-21,23-24H2,1-3H3. The Morgan fingerprint density at radius 2 is 1.70 bits per heavy atom. The van der Waals surface area contributed by atoms with Crippen LogP contribution < -0.4 is 15.0 Å². The van der Waals surface area contributed by atoms with Gasteiger partial charge in [-0.2, -0.15) is 0 Å². The Bertz CT molecular complexity index is 2210. The average molecular weight is 806 g/mol. The van der Waals surface area contributed by atoms with Gasteiger partial charge in [0.25, 0.3) is 11.8 Å². The monoisotopic (exact) mass is 805 g/mol. The second-order valence-electron chi connectivity index (χ2n) is 14.3. The molecule has 0 aliphatic carbocycles. The molecule has 57 heavy (non-hydrogen) atoms. The van der Waals surface area contributed by atoms with Crippen molar-refractivity contribution >= 4 is 55.3 Å². The number of hydrogen-bond donors (Lipinski definition) is 3. The molecule has 0 bridgehead atoms. The Hall–Kier alpha value is -5.42. The Kier molecular flexibility index (Phi) is 12.6. The number of nitrogens with zero attached hydrogens (tertiary/aromatic N) is 4. The molecule has 1 aliphatic heterocycles. The largest absolute Gasteiger partial charge is 0.573 e. The van der Waals surface area contributed by atoms with Gasteiger partial charge in [-0.25, -0.2) is 4.98 Å². The quantitative estimate of drug-likeness (QED) is 0.0653. The zero-order valence-corrected chi connectivity index (χ0v) is 32.2. The maximum Gasteiger partial charge on any atom is 0.573 e. The lowest BCUT2D eigenvalue weighted by Crippen LogP contribution is -2.48. The van der Waals surface area contributed by atoms with Gasteiger partial charge < -0.3 is 19.7 Å². The fraction of sp³-hybridized carbons (Fsp3) is 0.341. The van der Waals surface area contributed by atoms with Gasteiger partial charge in [0.15, 0.2) is 5.13 Å². The predicted molar refractivity (Wildman–Crippen MR) is 208 cm³/mol. The number of aliphatic hydroxyl groups is 1. The zero-order chi connectivity index (χ0) is 40.9. The van der Waals surface area contributed by atoms with Crippen LogP contribution in [0.2, 0.25) is 0 Å². The lowest BCUT2D eigenvalue weighted by atomic mass is 9.94. The molecule has 3 aromatic carbocycles. The molecule has 0 saturated heterocycles. The van der Waals surface area contributed by atoms with Crippen LogP contribution in [0.5, 0.6) is 11.5 Å². The number of alkyl halides is 3. The highest BCUT2D eigenvalue weighted by Crippen LogP contribution is 2.43. The molecule has 1 aliphatic rings. The number of imide groups is 1. The van der Waals surface area contributed by atoms with Gasteiger partial charge in [0, 0.05) is 60.8 Å². The summed E-state index contributed by atoms with van der Waals surface area (Å²) in [5.41, 5.74) is 1.02. The number of hydrogen-bond acceptors (Lipinski definition) is 11. The normalized spacial score (nSPS) is 15.0. The summed E-state index contributed by atoms with van der Waals surface area (Å²) in [7, 11) is 0. The van der Waals surface area contributed by atoms with Crippen molar-refractivity contribution in [2.24, 2.45) is 0 Å². The molecule has 5 aromatic rings. The lowest BCUT2D eigenvalue weighted by Gasteiger charge is -2.32. The van der Waals surface area contributed by atoms with Crippen molar-refractivity contribution in [1.82, 2.24) is 20.2 Å². The van der Waals surface area contributed by atoms with Crippen LogP contribution in [0, 0.1) is 0 Å². The molecule has 12 nitrogen and oxygen atoms in total. The summed E-state index contributed by atoms with van der Waals surface area (Å²) in [4.78, 5) is 49.9. The number of para-hydroxylation sites is 1. The Morgan fingerprint density at radius 1 is 0.982 bits per heavy atom. The third-order valence-electron chi connectivity index (χ3n) is 9.50. The fourth-order valence-corrected chi connectivity index (χ4v) is 7.56. The number of fused-ring (bicyclic) bond motifs is 2. The van der Waals surface area contributed by atoms with Gasteiger partial charge in [-0.1, -0.05) is 53.8 Å². The highest BCUT2D eigenvalue weighted by molar-refractivity contribution is 7.22. The summed E-state index contributed by atoms with van der Waals surface area (Å²) < 4.78 is 50.3. The molecule has 3 heterocycles. The van der Waals surface area contributed by atoms with Crippen molar-refractivity contribution in [2.75, 3.05) is 18.1 Å². The summed E-state index contributed by atoms with van der Waals surface area (Å²) >= 11 is 1.26. The zero-order valence-electron chi connectivity index (χ0n) is 31.4. The number of aromatic hydroxyl groups is 1. The Morgan fingerprint density at radius 3 is 2.40 bits per heavy atom. The molecule has 0 radical (unpaired) electrons. The van der Waals surface area contributed by atoms with E-state index in [2.05, 4.69) is 15.0 Å². The number of halogens is 3. The van der Waals surface area contributed by atoms with Crippen LogP contribution in [0.4, 0.5) is 18.3 Å². The topological polar surface area (TPSA) is 154 Å². The van der Waals surface area contributed by atoms with Crippen molar-refractivity contribution in [3.8, 4) is 11.5 Å². The molecule has 300 valence electrons. The minimum absolute atomic E-state index is 0.0153. The Balaban J connectivity index is 1.20. The van der Waals surface area contributed by atoms with E-state index in [1.807, 2.05) is 45.0 Å². The maximum absolute atomic E-state index is 14.6. The number of rotatable bonds is 17. The van der Waals surface area contributed by atoms with Crippen LogP contribution in [0.1, 0.15) is 63.6 Å². The molecule has 3 unspecified atom stereocenters. The summed E-state index contributed by atoms with van der Waals surface area (Å²) in [6, 6.07) is 18.4. The van der Waals surface area contributed by atoms with Gasteiger partial charge in [0.05, 0.1) is 22.4 Å². The minimum Gasteiger partial charge on any atom is -0.505 e. The van der Waals surface area contributed by atoms with Crippen molar-refractivity contribution in [1.29, 1.82) is 0 Å². The molecule has 0 fully saturated rings. The second-order valence-corrected chi connectivity index (χ2v) is 15.3. The molecule has 3 N–H and O–H groups in total. The number of carbonyl (C=O) groups excluding carboxylic acids is 3. The number of aliphatic hydroxyl groups excluding tert-OH is 1. The number of phenols is 1. The maximum atomic E-state index is 14.6. The highest BCUT2D eigenvalue weighted by atomic mass is 32.1. The molecule has 16 heteroatoms. The van der Waals surface area contributed by atoms with E-state index in [1.54, 1.807) is 24.3 Å². The summed E-state index contributed by atoms with van der Waals surface area (Å²) in [5.74, 6) is -1.84. The van der Waals surface area contributed by atoms with Crippen LogP contribution in [0.15, 0.2) is 91.1 Å². The first-order valence-electron chi connectivity index (χ1n) is 18.3. The first-order valence-corrected chi connectivity index (χ1v) is 19.1. The van der Waals surface area contributed by atoms with E-state index in [0.29, 0.717) is 34.4 Å². The van der Waals surface area contributed by atoms with Crippen molar-refractivity contribution in [3.05, 3.63) is 102 Å². The highest BCUT2D eigenvalue weighted by Gasteiger charge is 2.35. The first kappa shape index (κ1) is 41.2. The van der Waals surface area contributed by atoms with E-state index in [1.165, 1.54) is 46.7 Å². The number of carbonyl (C=O) groups is 3. The van der Waals surface area contributed by atoms with Crippen molar-refractivity contribution in [2.45, 2.75) is 76.7 Å². The fourth-order valence-electron chi connectivity index (χ4n) is 6.55. The minimum atomic E-state index is -4.91. The van der Waals surface area contributed by atoms with Gasteiger partial charge >= 0.3 is 6.36 Å². The van der Waals surface area contributed by atoms with E-state index < -0.39 is 41.7 Å². The summed E-state index contributed by atoms with van der Waals surface area (Å²) in [5, 5.41) is 26.3. The van der Waals surface area contributed by atoms with E-state index in [4.69, 9.17) is 9.72 Å². The second kappa shape index (κ2) is 17.4. The van der Waals surface area contributed by atoms with Gasteiger partial charge in [-0.3, -0.25) is 34.5 Å². The van der Waals surface area contributed by atoms with Crippen molar-refractivity contribution in [3.63, 3.8) is 0 Å². The number of ether oxygens (including phenoxy) is 2. The number of benzene rings is 3. The van der Waals surface area contributed by atoms with Crippen LogP contribution in [-0.4, -0.2) is 80.2 Å². The third-order valence-corrected chi connectivity index (χ3v) is 10.5. The molecule has 0 saturated carbocycles. The predicted octanol–water partition coefficient (Wildman–Crippen LogP) is 7.15. The van der Waals surface area contributed by atoms with Gasteiger partial charge in [-0.05, 0) is 69.5 Å². The average Bonchev–Trinajstić information content (AvgIpc) is 3.73. The van der Waals surface area contributed by atoms with Gasteiger partial charge in [-0.15, -0.1) is 13.2 Å². The van der Waals surface area contributed by atoms with Gasteiger partial charge in [0.2, 0.25) is 5.91 Å². The van der Waals surface area contributed by atoms with Crippen molar-refractivity contribution < 1.29 is 47.2 Å². The third kappa shape index (κ3) is 10.3. The number of nitrogens with one attached hydrogen (secondary N) is 1. The summed E-state index contributed by atoms with van der Waals surface area (Å²) in [6.07, 6.45) is -1.45. The SMILES string of the molecule is CC(CCC(=O)N(c1nc2ccccc2s1)C(c1ccc(OC(F)(F)F)cc1)c1ccc2cccnc2c1O)OCCC(C)(C)NC(O)CCN1C(=O)C=CC1=O.